The van der Waals surface area contributed by atoms with Crippen molar-refractivity contribution >= 4 is 5.78 Å². The number of rotatable bonds is 3. The standard InChI is InChI=1S/C16H11N3O3/c20-14-10-17-19(16(22)18-14)13-8-4-7-12(9-13)15(21)11-5-2-1-3-6-11/h1-10H,(H,18,20,22). The number of hydrogen-bond donors (Lipinski definition) is 1. The summed E-state index contributed by atoms with van der Waals surface area (Å²) < 4.78 is 1.03. The van der Waals surface area contributed by atoms with E-state index in [0.717, 1.165) is 10.9 Å². The van der Waals surface area contributed by atoms with Crippen molar-refractivity contribution in [2.45, 2.75) is 0 Å². The Morgan fingerprint density at radius 3 is 2.41 bits per heavy atom. The molecular formula is C16H11N3O3. The fraction of sp³-hybridized carbons (Fsp3) is 0. The van der Waals surface area contributed by atoms with E-state index in [0.29, 0.717) is 16.8 Å². The van der Waals surface area contributed by atoms with Crippen LogP contribution >= 0.6 is 0 Å². The van der Waals surface area contributed by atoms with Gasteiger partial charge in [-0.3, -0.25) is 14.6 Å². The largest absolute Gasteiger partial charge is 0.349 e. The summed E-state index contributed by atoms with van der Waals surface area (Å²) in [5.41, 5.74) is 0.169. The van der Waals surface area contributed by atoms with Gasteiger partial charge in [0.2, 0.25) is 0 Å². The molecule has 0 saturated carbocycles. The van der Waals surface area contributed by atoms with E-state index in [4.69, 9.17) is 0 Å². The number of ketones is 1. The third-order valence-corrected chi connectivity index (χ3v) is 3.10. The molecule has 0 spiro atoms. The van der Waals surface area contributed by atoms with Gasteiger partial charge in [-0.05, 0) is 12.1 Å². The second kappa shape index (κ2) is 5.61. The number of nitrogens with zero attached hydrogens (tertiary/aromatic N) is 2. The smallest absolute Gasteiger partial charge is 0.289 e. The van der Waals surface area contributed by atoms with Gasteiger partial charge in [0.05, 0.1) is 5.69 Å². The fourth-order valence-corrected chi connectivity index (χ4v) is 2.07. The van der Waals surface area contributed by atoms with Crippen molar-refractivity contribution in [2.24, 2.45) is 0 Å². The number of carbonyl (C=O) groups excluding carboxylic acids is 1. The summed E-state index contributed by atoms with van der Waals surface area (Å²) in [6.07, 6.45) is 1.01. The van der Waals surface area contributed by atoms with Crippen molar-refractivity contribution in [2.75, 3.05) is 0 Å². The van der Waals surface area contributed by atoms with E-state index in [1.54, 1.807) is 48.5 Å². The Morgan fingerprint density at radius 1 is 0.955 bits per heavy atom. The fourth-order valence-electron chi connectivity index (χ4n) is 2.07. The Labute approximate surface area is 124 Å². The maximum atomic E-state index is 12.4. The van der Waals surface area contributed by atoms with E-state index in [1.807, 2.05) is 6.07 Å². The number of benzene rings is 2. The molecule has 108 valence electrons. The summed E-state index contributed by atoms with van der Waals surface area (Å²) in [7, 11) is 0. The summed E-state index contributed by atoms with van der Waals surface area (Å²) in [4.78, 5) is 37.3. The van der Waals surface area contributed by atoms with Crippen molar-refractivity contribution < 1.29 is 4.79 Å². The number of H-pyrrole nitrogens is 1. The van der Waals surface area contributed by atoms with Gasteiger partial charge in [-0.1, -0.05) is 42.5 Å². The molecule has 6 nitrogen and oxygen atoms in total. The molecular weight excluding hydrogens is 282 g/mol. The summed E-state index contributed by atoms with van der Waals surface area (Å²) >= 11 is 0. The average Bonchev–Trinajstić information content (AvgIpc) is 2.55. The first-order valence-electron chi connectivity index (χ1n) is 6.54. The van der Waals surface area contributed by atoms with Gasteiger partial charge in [-0.2, -0.15) is 9.78 Å². The molecule has 1 aromatic heterocycles. The van der Waals surface area contributed by atoms with Crippen LogP contribution in [0.1, 0.15) is 15.9 Å². The Bertz CT molecular complexity index is 942. The highest BCUT2D eigenvalue weighted by Crippen LogP contribution is 2.12. The van der Waals surface area contributed by atoms with Gasteiger partial charge < -0.3 is 0 Å². The second-order valence-corrected chi connectivity index (χ2v) is 4.60. The van der Waals surface area contributed by atoms with E-state index in [-0.39, 0.29) is 5.78 Å². The maximum absolute atomic E-state index is 12.4. The van der Waals surface area contributed by atoms with Crippen LogP contribution in [0.3, 0.4) is 0 Å². The van der Waals surface area contributed by atoms with Crippen molar-refractivity contribution in [1.29, 1.82) is 0 Å². The highest BCUT2D eigenvalue weighted by Gasteiger charge is 2.10. The van der Waals surface area contributed by atoms with Crippen LogP contribution in [0.2, 0.25) is 0 Å². The zero-order valence-electron chi connectivity index (χ0n) is 11.4. The van der Waals surface area contributed by atoms with Gasteiger partial charge in [0.1, 0.15) is 6.20 Å². The molecule has 2 aromatic carbocycles. The van der Waals surface area contributed by atoms with Crippen molar-refractivity contribution in [3.05, 3.63) is 92.8 Å². The highest BCUT2D eigenvalue weighted by molar-refractivity contribution is 6.09. The zero-order valence-corrected chi connectivity index (χ0v) is 11.4. The third kappa shape index (κ3) is 2.62. The Morgan fingerprint density at radius 2 is 1.68 bits per heavy atom. The molecule has 0 saturated heterocycles. The minimum atomic E-state index is -0.656. The number of aromatic amines is 1. The number of nitrogens with one attached hydrogen (secondary N) is 1. The van der Waals surface area contributed by atoms with Crippen LogP contribution in [0, 0.1) is 0 Å². The molecule has 3 rings (SSSR count). The molecule has 22 heavy (non-hydrogen) atoms. The maximum Gasteiger partial charge on any atom is 0.349 e. The quantitative estimate of drug-likeness (QED) is 0.734. The van der Waals surface area contributed by atoms with Gasteiger partial charge in [-0.15, -0.1) is 0 Å². The van der Waals surface area contributed by atoms with Gasteiger partial charge in [0, 0.05) is 11.1 Å². The van der Waals surface area contributed by atoms with Gasteiger partial charge >= 0.3 is 5.69 Å². The molecule has 1 heterocycles. The van der Waals surface area contributed by atoms with Crippen LogP contribution in [0.4, 0.5) is 0 Å². The molecule has 0 aliphatic carbocycles. The van der Waals surface area contributed by atoms with Gasteiger partial charge in [0.15, 0.2) is 5.78 Å². The Balaban J connectivity index is 2.05. The first kappa shape index (κ1) is 13.7. The lowest BCUT2D eigenvalue weighted by molar-refractivity contribution is 0.103. The van der Waals surface area contributed by atoms with Crippen LogP contribution in [-0.4, -0.2) is 20.5 Å². The van der Waals surface area contributed by atoms with Crippen molar-refractivity contribution in [3.63, 3.8) is 0 Å². The lowest BCUT2D eigenvalue weighted by atomic mass is 10.0. The van der Waals surface area contributed by atoms with Gasteiger partial charge in [0.25, 0.3) is 5.56 Å². The van der Waals surface area contributed by atoms with Crippen molar-refractivity contribution in [1.82, 2.24) is 14.8 Å². The van der Waals surface area contributed by atoms with Crippen LogP contribution in [0.5, 0.6) is 0 Å². The SMILES string of the molecule is O=C(c1ccccc1)c1cccc(-n2ncc(=O)[nH]c2=O)c1. The normalized spacial score (nSPS) is 10.4. The van der Waals surface area contributed by atoms with Crippen LogP contribution < -0.4 is 11.2 Å². The molecule has 0 fully saturated rings. The van der Waals surface area contributed by atoms with E-state index < -0.39 is 11.2 Å². The predicted octanol–water partition coefficient (Wildman–Crippen LogP) is 1.15. The molecule has 3 aromatic rings. The Hall–Kier alpha value is -3.28. The minimum Gasteiger partial charge on any atom is -0.289 e. The third-order valence-electron chi connectivity index (χ3n) is 3.10. The molecule has 0 aliphatic heterocycles. The molecule has 0 bridgehead atoms. The first-order chi connectivity index (χ1) is 10.6. The van der Waals surface area contributed by atoms with Crippen LogP contribution in [-0.2, 0) is 0 Å². The van der Waals surface area contributed by atoms with E-state index in [2.05, 4.69) is 10.1 Å². The molecule has 1 N–H and O–H groups in total. The number of carbonyl (C=O) groups is 1. The topological polar surface area (TPSA) is 84.8 Å². The predicted molar refractivity (Wildman–Crippen MR) is 80.3 cm³/mol. The van der Waals surface area contributed by atoms with E-state index >= 15 is 0 Å². The summed E-state index contributed by atoms with van der Waals surface area (Å²) in [6.45, 7) is 0. The van der Waals surface area contributed by atoms with Crippen LogP contribution in [0.25, 0.3) is 5.69 Å². The van der Waals surface area contributed by atoms with Crippen LogP contribution in [0.15, 0.2) is 70.4 Å². The lowest BCUT2D eigenvalue weighted by Crippen LogP contribution is -2.30. The van der Waals surface area contributed by atoms with Crippen molar-refractivity contribution in [3.8, 4) is 5.69 Å². The lowest BCUT2D eigenvalue weighted by Gasteiger charge is -2.06. The number of hydrogen-bond acceptors (Lipinski definition) is 4. The molecule has 0 atom stereocenters. The molecule has 0 unspecified atom stereocenters. The highest BCUT2D eigenvalue weighted by atomic mass is 16.2. The van der Waals surface area contributed by atoms with Gasteiger partial charge in [-0.25, -0.2) is 4.79 Å². The molecule has 6 heteroatoms. The summed E-state index contributed by atoms with van der Waals surface area (Å²) in [6, 6.07) is 15.4. The number of aromatic nitrogens is 3. The zero-order chi connectivity index (χ0) is 15.5. The van der Waals surface area contributed by atoms with E-state index in [1.165, 1.54) is 0 Å². The molecule has 0 radical (unpaired) electrons. The Kier molecular flexibility index (Phi) is 3.49. The summed E-state index contributed by atoms with van der Waals surface area (Å²) in [5.74, 6) is -0.153. The summed E-state index contributed by atoms with van der Waals surface area (Å²) in [5, 5.41) is 3.77. The van der Waals surface area contributed by atoms with E-state index in [9.17, 15) is 14.4 Å². The first-order valence-corrected chi connectivity index (χ1v) is 6.54. The average molecular weight is 293 g/mol. The molecule has 0 amide bonds. The second-order valence-electron chi connectivity index (χ2n) is 4.60. The minimum absolute atomic E-state index is 0.153. The molecule has 0 aliphatic rings. The monoisotopic (exact) mass is 293 g/mol.